The number of amides is 2. The van der Waals surface area contributed by atoms with Gasteiger partial charge >= 0.3 is 6.03 Å². The smallest absolute Gasteiger partial charge is 0.318 e. The number of nitrogens with one attached hydrogen (secondary N) is 1. The maximum atomic E-state index is 12.9. The molecule has 1 aliphatic heterocycles. The third-order valence-electron chi connectivity index (χ3n) is 4.91. The Hall–Kier alpha value is -2.37. The minimum atomic E-state index is -0.404. The fourth-order valence-electron chi connectivity index (χ4n) is 3.32. The fourth-order valence-corrected chi connectivity index (χ4v) is 3.32. The minimum absolute atomic E-state index is 0.0604. The number of urea groups is 1. The van der Waals surface area contributed by atoms with Gasteiger partial charge in [0.15, 0.2) is 5.82 Å². The van der Waals surface area contributed by atoms with Crippen molar-refractivity contribution in [2.24, 2.45) is 5.92 Å². The summed E-state index contributed by atoms with van der Waals surface area (Å²) in [7, 11) is 0. The fraction of sp³-hybridized carbons (Fsp3) is 0.550. The van der Waals surface area contributed by atoms with E-state index in [9.17, 15) is 4.79 Å². The maximum absolute atomic E-state index is 12.9. The lowest BCUT2D eigenvalue weighted by Gasteiger charge is -2.24. The summed E-state index contributed by atoms with van der Waals surface area (Å²) in [5.41, 5.74) is 0.952. The van der Waals surface area contributed by atoms with E-state index in [0.29, 0.717) is 17.6 Å². The van der Waals surface area contributed by atoms with Crippen LogP contribution in [0.2, 0.25) is 0 Å². The van der Waals surface area contributed by atoms with Crippen molar-refractivity contribution in [2.75, 3.05) is 13.1 Å². The van der Waals surface area contributed by atoms with Crippen LogP contribution in [0.4, 0.5) is 4.79 Å². The summed E-state index contributed by atoms with van der Waals surface area (Å²) >= 11 is 0. The molecule has 1 aromatic heterocycles. The molecule has 2 aromatic rings. The first kappa shape index (κ1) is 18.4. The standard InChI is InChI=1S/C20H28N4O2/c1-3-8-17-21-19(23-26-17)18(16-10-5-4-6-11-16)22-20(25)24-13-7-9-15(2)12-14-24/h4-6,10-11,15,18H,3,7-9,12-14H2,1-2H3,(H,22,25)/t15-,18+/m0/s1. The number of nitrogens with zero attached hydrogens (tertiary/aromatic N) is 3. The summed E-state index contributed by atoms with van der Waals surface area (Å²) in [6.45, 7) is 5.91. The molecule has 26 heavy (non-hydrogen) atoms. The average molecular weight is 356 g/mol. The van der Waals surface area contributed by atoms with Gasteiger partial charge in [0.05, 0.1) is 0 Å². The number of aryl methyl sites for hydroxylation is 1. The third kappa shape index (κ3) is 4.62. The van der Waals surface area contributed by atoms with E-state index in [4.69, 9.17) is 4.52 Å². The van der Waals surface area contributed by atoms with Crippen molar-refractivity contribution in [3.05, 3.63) is 47.6 Å². The van der Waals surface area contributed by atoms with Crippen molar-refractivity contribution in [1.82, 2.24) is 20.4 Å². The van der Waals surface area contributed by atoms with Gasteiger partial charge in [-0.15, -0.1) is 0 Å². The van der Waals surface area contributed by atoms with Crippen LogP contribution in [0.1, 0.15) is 62.9 Å². The molecule has 1 aromatic carbocycles. The van der Waals surface area contributed by atoms with E-state index in [-0.39, 0.29) is 6.03 Å². The van der Waals surface area contributed by atoms with Gasteiger partial charge in [-0.2, -0.15) is 4.98 Å². The molecule has 6 nitrogen and oxygen atoms in total. The largest absolute Gasteiger partial charge is 0.339 e. The van der Waals surface area contributed by atoms with Crippen LogP contribution in [0.3, 0.4) is 0 Å². The summed E-state index contributed by atoms with van der Waals surface area (Å²) in [6, 6.07) is 9.35. The Morgan fingerprint density at radius 2 is 2.12 bits per heavy atom. The lowest BCUT2D eigenvalue weighted by atomic mass is 10.0. The summed E-state index contributed by atoms with van der Waals surface area (Å²) in [4.78, 5) is 19.3. The first-order valence-corrected chi connectivity index (χ1v) is 9.60. The second-order valence-corrected chi connectivity index (χ2v) is 7.11. The van der Waals surface area contributed by atoms with E-state index in [1.54, 1.807) is 0 Å². The van der Waals surface area contributed by atoms with E-state index in [2.05, 4.69) is 29.3 Å². The maximum Gasteiger partial charge on any atom is 0.318 e. The Morgan fingerprint density at radius 3 is 2.88 bits per heavy atom. The van der Waals surface area contributed by atoms with Crippen molar-refractivity contribution in [3.63, 3.8) is 0 Å². The van der Waals surface area contributed by atoms with Gasteiger partial charge in [0.25, 0.3) is 0 Å². The molecule has 2 heterocycles. The van der Waals surface area contributed by atoms with E-state index < -0.39 is 6.04 Å². The van der Waals surface area contributed by atoms with Crippen LogP contribution in [0, 0.1) is 5.92 Å². The molecule has 0 saturated carbocycles. The molecule has 2 atom stereocenters. The van der Waals surface area contributed by atoms with Crippen LogP contribution in [0.25, 0.3) is 0 Å². The van der Waals surface area contributed by atoms with Crippen LogP contribution in [-0.2, 0) is 6.42 Å². The lowest BCUT2D eigenvalue weighted by Crippen LogP contribution is -2.42. The molecule has 6 heteroatoms. The van der Waals surface area contributed by atoms with Crippen LogP contribution in [0.15, 0.2) is 34.9 Å². The number of likely N-dealkylation sites (tertiary alicyclic amines) is 1. The Bertz CT molecular complexity index is 701. The van der Waals surface area contributed by atoms with Crippen molar-refractivity contribution in [2.45, 2.75) is 52.0 Å². The first-order valence-electron chi connectivity index (χ1n) is 9.60. The van der Waals surface area contributed by atoms with Gasteiger partial charge in [-0.25, -0.2) is 4.79 Å². The second-order valence-electron chi connectivity index (χ2n) is 7.11. The number of carbonyl (C=O) groups excluding carboxylic acids is 1. The Morgan fingerprint density at radius 1 is 1.31 bits per heavy atom. The van der Waals surface area contributed by atoms with Gasteiger partial charge in [0, 0.05) is 19.5 Å². The number of rotatable bonds is 5. The lowest BCUT2D eigenvalue weighted by molar-refractivity contribution is 0.196. The monoisotopic (exact) mass is 356 g/mol. The zero-order valence-electron chi connectivity index (χ0n) is 15.6. The van der Waals surface area contributed by atoms with Crippen LogP contribution < -0.4 is 5.32 Å². The highest BCUT2D eigenvalue weighted by Gasteiger charge is 2.26. The van der Waals surface area contributed by atoms with Gasteiger partial charge in [0.2, 0.25) is 5.89 Å². The second kappa shape index (κ2) is 8.83. The van der Waals surface area contributed by atoms with Crippen molar-refractivity contribution in [1.29, 1.82) is 0 Å². The third-order valence-corrected chi connectivity index (χ3v) is 4.91. The molecule has 0 aliphatic carbocycles. The molecule has 1 N–H and O–H groups in total. The van der Waals surface area contributed by atoms with Gasteiger partial charge in [-0.3, -0.25) is 0 Å². The molecule has 0 unspecified atom stereocenters. The normalized spacial score (nSPS) is 19.0. The zero-order valence-corrected chi connectivity index (χ0v) is 15.6. The SMILES string of the molecule is CCCc1nc([C@H](NC(=O)N2CCC[C@H](C)CC2)c2ccccc2)no1. The summed E-state index contributed by atoms with van der Waals surface area (Å²) in [6.07, 6.45) is 4.96. The highest BCUT2D eigenvalue weighted by Crippen LogP contribution is 2.22. The Balaban J connectivity index is 1.78. The van der Waals surface area contributed by atoms with E-state index in [1.165, 1.54) is 6.42 Å². The number of benzene rings is 1. The van der Waals surface area contributed by atoms with Crippen LogP contribution in [0.5, 0.6) is 0 Å². The number of hydrogen-bond acceptors (Lipinski definition) is 4. The predicted octanol–water partition coefficient (Wildman–Crippen LogP) is 3.94. The molecule has 3 rings (SSSR count). The van der Waals surface area contributed by atoms with Crippen LogP contribution in [-0.4, -0.2) is 34.2 Å². The molecular weight excluding hydrogens is 328 g/mol. The van der Waals surface area contributed by atoms with Gasteiger partial charge in [-0.05, 0) is 37.2 Å². The predicted molar refractivity (Wildman–Crippen MR) is 99.7 cm³/mol. The van der Waals surface area contributed by atoms with Crippen molar-refractivity contribution < 1.29 is 9.32 Å². The highest BCUT2D eigenvalue weighted by atomic mass is 16.5. The molecule has 0 radical (unpaired) electrons. The first-order chi connectivity index (χ1) is 12.7. The van der Waals surface area contributed by atoms with Crippen LogP contribution >= 0.6 is 0 Å². The number of hydrogen-bond donors (Lipinski definition) is 1. The average Bonchev–Trinajstić information content (AvgIpc) is 3.00. The Kier molecular flexibility index (Phi) is 6.26. The van der Waals surface area contributed by atoms with E-state index in [0.717, 1.165) is 44.3 Å². The zero-order chi connectivity index (χ0) is 18.4. The molecule has 0 bridgehead atoms. The summed E-state index contributed by atoms with van der Waals surface area (Å²) < 4.78 is 5.34. The highest BCUT2D eigenvalue weighted by molar-refractivity contribution is 5.75. The topological polar surface area (TPSA) is 71.3 Å². The molecule has 1 aliphatic rings. The summed E-state index contributed by atoms with van der Waals surface area (Å²) in [5, 5.41) is 7.24. The minimum Gasteiger partial charge on any atom is -0.339 e. The summed E-state index contributed by atoms with van der Waals surface area (Å²) in [5.74, 6) is 1.80. The van der Waals surface area contributed by atoms with Gasteiger partial charge in [-0.1, -0.05) is 49.3 Å². The quantitative estimate of drug-likeness (QED) is 0.881. The molecule has 140 valence electrons. The molecular formula is C20H28N4O2. The van der Waals surface area contributed by atoms with E-state index in [1.807, 2.05) is 35.2 Å². The molecule has 0 spiro atoms. The molecule has 1 saturated heterocycles. The molecule has 1 fully saturated rings. The van der Waals surface area contributed by atoms with Crippen molar-refractivity contribution in [3.8, 4) is 0 Å². The Labute approximate surface area is 155 Å². The van der Waals surface area contributed by atoms with Crippen molar-refractivity contribution >= 4 is 6.03 Å². The van der Waals surface area contributed by atoms with E-state index >= 15 is 0 Å². The number of aromatic nitrogens is 2. The number of carbonyl (C=O) groups is 1. The van der Waals surface area contributed by atoms with Gasteiger partial charge < -0.3 is 14.7 Å². The van der Waals surface area contributed by atoms with Gasteiger partial charge in [0.1, 0.15) is 6.04 Å². The molecule has 2 amide bonds.